The van der Waals surface area contributed by atoms with Crippen LogP contribution in [0, 0.1) is 33.3 Å². The number of H-pyrrole nitrogens is 1. The largest absolute Gasteiger partial charge is 0.340 e. The minimum absolute atomic E-state index is 0.0527. The predicted octanol–water partition coefficient (Wildman–Crippen LogP) is 1.35. The molecular formula is C10H4N4O2. The van der Waals surface area contributed by atoms with E-state index in [1.807, 2.05) is 0 Å². The molecule has 0 saturated heterocycles. The first-order valence-electron chi connectivity index (χ1n) is 4.24. The summed E-state index contributed by atoms with van der Waals surface area (Å²) in [6.07, 6.45) is 2.73. The Morgan fingerprint density at radius 3 is 3.06 bits per heavy atom. The van der Waals surface area contributed by atoms with Crippen LogP contribution in [0.25, 0.3) is 11.0 Å². The Kier molecular flexibility index (Phi) is 2.25. The van der Waals surface area contributed by atoms with Crippen molar-refractivity contribution in [2.75, 3.05) is 0 Å². The molecule has 2 heterocycles. The van der Waals surface area contributed by atoms with Gasteiger partial charge in [-0.25, -0.2) is 4.98 Å². The Morgan fingerprint density at radius 2 is 2.38 bits per heavy atom. The minimum Gasteiger partial charge on any atom is -0.340 e. The summed E-state index contributed by atoms with van der Waals surface area (Å²) in [5, 5.41) is 19.3. The van der Waals surface area contributed by atoms with Crippen molar-refractivity contribution in [1.82, 2.24) is 9.97 Å². The summed E-state index contributed by atoms with van der Waals surface area (Å²) >= 11 is 0. The average Bonchev–Trinajstić information content (AvgIpc) is 2.69. The van der Waals surface area contributed by atoms with Crippen LogP contribution in [0.2, 0.25) is 0 Å². The summed E-state index contributed by atoms with van der Waals surface area (Å²) in [4.78, 5) is 16.8. The molecule has 6 nitrogen and oxygen atoms in total. The molecule has 2 aromatic heterocycles. The maximum Gasteiger partial charge on any atom is 0.296 e. The standard InChI is InChI=1S/C10H4N4O2/c11-3-1-2-7-4-8-9(14(15)16)6-13-10(8)12-5-7/h4-6H,(H,12,13). The first-order chi connectivity index (χ1) is 7.72. The molecule has 2 rings (SSSR count). The van der Waals surface area contributed by atoms with E-state index in [4.69, 9.17) is 5.26 Å². The summed E-state index contributed by atoms with van der Waals surface area (Å²) in [7, 11) is 0. The smallest absolute Gasteiger partial charge is 0.296 e. The molecule has 0 aromatic carbocycles. The quantitative estimate of drug-likeness (QED) is 0.438. The minimum atomic E-state index is -0.498. The lowest BCUT2D eigenvalue weighted by molar-refractivity contribution is -0.383. The molecule has 0 aliphatic heterocycles. The number of fused-ring (bicyclic) bond motifs is 1. The van der Waals surface area contributed by atoms with Crippen molar-refractivity contribution in [1.29, 1.82) is 5.26 Å². The van der Waals surface area contributed by atoms with Crippen molar-refractivity contribution >= 4 is 16.7 Å². The molecule has 0 radical (unpaired) electrons. The van der Waals surface area contributed by atoms with E-state index in [0.29, 0.717) is 16.6 Å². The molecule has 2 aromatic rings. The van der Waals surface area contributed by atoms with Crippen molar-refractivity contribution in [2.24, 2.45) is 0 Å². The second-order valence-electron chi connectivity index (χ2n) is 2.91. The molecule has 1 N–H and O–H groups in total. The fourth-order valence-electron chi connectivity index (χ4n) is 1.31. The van der Waals surface area contributed by atoms with Crippen molar-refractivity contribution < 1.29 is 4.92 Å². The molecule has 0 aliphatic carbocycles. The molecule has 0 aliphatic rings. The van der Waals surface area contributed by atoms with E-state index in [2.05, 4.69) is 21.8 Å². The van der Waals surface area contributed by atoms with E-state index in [1.54, 1.807) is 6.07 Å². The van der Waals surface area contributed by atoms with Crippen LogP contribution in [0.3, 0.4) is 0 Å². The Hall–Kier alpha value is -2.86. The number of hydrogen-bond donors (Lipinski definition) is 1. The summed E-state index contributed by atoms with van der Waals surface area (Å²) in [6, 6.07) is 3.19. The number of nitrogens with zero attached hydrogens (tertiary/aromatic N) is 3. The molecule has 0 amide bonds. The van der Waals surface area contributed by atoms with E-state index < -0.39 is 4.92 Å². The van der Waals surface area contributed by atoms with Gasteiger partial charge in [0.15, 0.2) is 6.07 Å². The van der Waals surface area contributed by atoms with Crippen molar-refractivity contribution in [3.05, 3.63) is 34.1 Å². The first-order valence-corrected chi connectivity index (χ1v) is 4.24. The van der Waals surface area contributed by atoms with Crippen LogP contribution >= 0.6 is 0 Å². The highest BCUT2D eigenvalue weighted by Crippen LogP contribution is 2.23. The zero-order chi connectivity index (χ0) is 11.5. The molecule has 0 unspecified atom stereocenters. The summed E-state index contributed by atoms with van der Waals surface area (Å²) in [5.74, 6) is 4.74. The van der Waals surface area contributed by atoms with Gasteiger partial charge in [0.1, 0.15) is 5.65 Å². The van der Waals surface area contributed by atoms with Gasteiger partial charge >= 0.3 is 0 Å². The SMILES string of the molecule is N#CC#Cc1cnc2[nH]cc([N+](=O)[O-])c2c1. The Morgan fingerprint density at radius 1 is 1.56 bits per heavy atom. The molecule has 0 atom stereocenters. The van der Waals surface area contributed by atoms with Crippen LogP contribution in [-0.2, 0) is 0 Å². The first kappa shape index (κ1) is 9.69. The third-order valence-corrected chi connectivity index (χ3v) is 1.97. The van der Waals surface area contributed by atoms with Crippen LogP contribution in [0.15, 0.2) is 18.5 Å². The second-order valence-corrected chi connectivity index (χ2v) is 2.91. The fraction of sp³-hybridized carbons (Fsp3) is 0. The molecule has 0 fully saturated rings. The van der Waals surface area contributed by atoms with Gasteiger partial charge in [-0.05, 0) is 12.0 Å². The number of nitro groups is 1. The topological polar surface area (TPSA) is 95.6 Å². The lowest BCUT2D eigenvalue weighted by atomic mass is 10.2. The molecule has 16 heavy (non-hydrogen) atoms. The normalized spacial score (nSPS) is 9.19. The van der Waals surface area contributed by atoms with E-state index in [0.717, 1.165) is 0 Å². The lowest BCUT2D eigenvalue weighted by Crippen LogP contribution is -1.86. The molecule has 0 saturated carbocycles. The van der Waals surface area contributed by atoms with Gasteiger partial charge < -0.3 is 4.98 Å². The van der Waals surface area contributed by atoms with Gasteiger partial charge in [0.2, 0.25) is 0 Å². The molecule has 0 spiro atoms. The van der Waals surface area contributed by atoms with E-state index >= 15 is 0 Å². The van der Waals surface area contributed by atoms with Gasteiger partial charge in [-0.15, -0.1) is 0 Å². The predicted molar refractivity (Wildman–Crippen MR) is 55.2 cm³/mol. The van der Waals surface area contributed by atoms with E-state index in [-0.39, 0.29) is 5.69 Å². The Labute approximate surface area is 89.7 Å². The van der Waals surface area contributed by atoms with Crippen molar-refractivity contribution in [3.63, 3.8) is 0 Å². The number of aromatic amines is 1. The van der Waals surface area contributed by atoms with Crippen molar-refractivity contribution in [3.8, 4) is 17.9 Å². The monoisotopic (exact) mass is 212 g/mol. The van der Waals surface area contributed by atoms with Crippen LogP contribution in [-0.4, -0.2) is 14.9 Å². The molecule has 0 bridgehead atoms. The van der Waals surface area contributed by atoms with Gasteiger partial charge in [-0.3, -0.25) is 10.1 Å². The van der Waals surface area contributed by atoms with Gasteiger partial charge in [0.25, 0.3) is 5.69 Å². The summed E-state index contributed by atoms with van der Waals surface area (Å²) in [6.45, 7) is 0. The third-order valence-electron chi connectivity index (χ3n) is 1.97. The highest BCUT2D eigenvalue weighted by molar-refractivity contribution is 5.86. The van der Waals surface area contributed by atoms with Crippen LogP contribution < -0.4 is 0 Å². The maximum atomic E-state index is 10.7. The number of aromatic nitrogens is 2. The highest BCUT2D eigenvalue weighted by Gasteiger charge is 2.14. The van der Waals surface area contributed by atoms with Crippen molar-refractivity contribution in [2.45, 2.75) is 0 Å². The second kappa shape index (κ2) is 3.71. The molecular weight excluding hydrogens is 208 g/mol. The zero-order valence-corrected chi connectivity index (χ0v) is 7.89. The van der Waals surface area contributed by atoms with E-state index in [1.165, 1.54) is 18.5 Å². The average molecular weight is 212 g/mol. The molecule has 6 heteroatoms. The van der Waals surface area contributed by atoms with Crippen LogP contribution in [0.4, 0.5) is 5.69 Å². The maximum absolute atomic E-state index is 10.7. The number of hydrogen-bond acceptors (Lipinski definition) is 4. The van der Waals surface area contributed by atoms with Gasteiger partial charge in [0, 0.05) is 17.7 Å². The fourth-order valence-corrected chi connectivity index (χ4v) is 1.31. The summed E-state index contributed by atoms with van der Waals surface area (Å²) < 4.78 is 0. The zero-order valence-electron chi connectivity index (χ0n) is 7.89. The third kappa shape index (κ3) is 1.56. The van der Waals surface area contributed by atoms with Gasteiger partial charge in [-0.2, -0.15) is 5.26 Å². The number of pyridine rings is 1. The number of rotatable bonds is 1. The Bertz CT molecular complexity index is 669. The highest BCUT2D eigenvalue weighted by atomic mass is 16.6. The lowest BCUT2D eigenvalue weighted by Gasteiger charge is -1.91. The van der Waals surface area contributed by atoms with Gasteiger partial charge in [0.05, 0.1) is 16.5 Å². The number of nitriles is 1. The molecule has 76 valence electrons. The Balaban J connectivity index is 2.64. The van der Waals surface area contributed by atoms with Gasteiger partial charge in [-0.1, -0.05) is 0 Å². The number of nitrogens with one attached hydrogen (secondary N) is 1. The summed E-state index contributed by atoms with van der Waals surface area (Å²) in [5.41, 5.74) is 0.842. The van der Waals surface area contributed by atoms with Crippen LogP contribution in [0.5, 0.6) is 0 Å². The van der Waals surface area contributed by atoms with E-state index in [9.17, 15) is 10.1 Å². The van der Waals surface area contributed by atoms with Crippen LogP contribution in [0.1, 0.15) is 5.56 Å².